The van der Waals surface area contributed by atoms with Crippen LogP contribution in [0.4, 0.5) is 17.6 Å². The van der Waals surface area contributed by atoms with Gasteiger partial charge in [-0.15, -0.1) is 0 Å². The van der Waals surface area contributed by atoms with Gasteiger partial charge in [-0.05, 0) is 92.4 Å². The van der Waals surface area contributed by atoms with Crippen molar-refractivity contribution in [3.8, 4) is 5.75 Å². The zero-order chi connectivity index (χ0) is 24.2. The third kappa shape index (κ3) is 5.17. The molecule has 0 amide bonds. The number of hydrogen-bond acceptors (Lipinski definition) is 2. The highest BCUT2D eigenvalue weighted by atomic mass is 19.2. The van der Waals surface area contributed by atoms with E-state index in [1.165, 1.54) is 13.2 Å². The average Bonchev–Trinajstić information content (AvgIpc) is 2.87. The van der Waals surface area contributed by atoms with Gasteiger partial charge in [0.1, 0.15) is 0 Å². The van der Waals surface area contributed by atoms with Crippen molar-refractivity contribution in [1.29, 1.82) is 0 Å². The molecule has 0 N–H and O–H groups in total. The van der Waals surface area contributed by atoms with Gasteiger partial charge in [0.05, 0.1) is 13.2 Å². The molecule has 2 aliphatic rings. The first-order valence-corrected chi connectivity index (χ1v) is 12.1. The van der Waals surface area contributed by atoms with E-state index >= 15 is 0 Å². The zero-order valence-electron chi connectivity index (χ0n) is 19.8. The van der Waals surface area contributed by atoms with E-state index < -0.39 is 23.3 Å². The van der Waals surface area contributed by atoms with Crippen LogP contribution in [0.5, 0.6) is 5.75 Å². The van der Waals surface area contributed by atoms with E-state index in [0.29, 0.717) is 41.9 Å². The largest absolute Gasteiger partial charge is 0.494 e. The molecule has 1 saturated carbocycles. The Labute approximate surface area is 199 Å². The Kier molecular flexibility index (Phi) is 7.97. The Morgan fingerprint density at radius 1 is 0.824 bits per heavy atom. The molecule has 0 spiro atoms. The minimum atomic E-state index is -0.939. The number of halogens is 4. The molecule has 1 fully saturated rings. The standard InChI is InChI=1S/C28H32F4O2/c1-33-21-12-9-19(10-13-21)22-14-11-20(25(29)26(22)30)8-5-17-3-6-18(7-4-17)23-15-16-24(34-2)28(32)27(23)31/h9,11,14-18,21H,3-8,10,12-13H2,1-2H3. The fourth-order valence-corrected chi connectivity index (χ4v) is 5.44. The maximum atomic E-state index is 14.8. The molecule has 4 rings (SSSR count). The summed E-state index contributed by atoms with van der Waals surface area (Å²) in [6.07, 6.45) is 8.72. The van der Waals surface area contributed by atoms with Gasteiger partial charge in [0.15, 0.2) is 23.2 Å². The van der Waals surface area contributed by atoms with Crippen LogP contribution in [-0.2, 0) is 11.2 Å². The van der Waals surface area contributed by atoms with E-state index in [0.717, 1.165) is 44.1 Å². The second-order valence-electron chi connectivity index (χ2n) is 9.50. The van der Waals surface area contributed by atoms with E-state index in [1.807, 2.05) is 6.08 Å². The molecule has 34 heavy (non-hydrogen) atoms. The Morgan fingerprint density at radius 3 is 2.24 bits per heavy atom. The summed E-state index contributed by atoms with van der Waals surface area (Å²) in [7, 11) is 2.98. The minimum Gasteiger partial charge on any atom is -0.494 e. The number of methoxy groups -OCH3 is 2. The average molecular weight is 477 g/mol. The molecular formula is C28H32F4O2. The molecule has 6 heteroatoms. The van der Waals surface area contributed by atoms with Crippen molar-refractivity contribution in [3.63, 3.8) is 0 Å². The van der Waals surface area contributed by atoms with Gasteiger partial charge in [0.25, 0.3) is 0 Å². The Bertz CT molecular complexity index is 1040. The van der Waals surface area contributed by atoms with E-state index in [4.69, 9.17) is 9.47 Å². The van der Waals surface area contributed by atoms with Gasteiger partial charge in [0.2, 0.25) is 5.82 Å². The van der Waals surface area contributed by atoms with Crippen LogP contribution in [0.25, 0.3) is 5.57 Å². The third-order valence-electron chi connectivity index (χ3n) is 7.61. The lowest BCUT2D eigenvalue weighted by molar-refractivity contribution is 0.0964. The molecule has 0 aromatic heterocycles. The number of allylic oxidation sites excluding steroid dienone is 1. The minimum absolute atomic E-state index is 0.0356. The summed E-state index contributed by atoms with van der Waals surface area (Å²) in [5.41, 5.74) is 1.99. The summed E-state index contributed by atoms with van der Waals surface area (Å²) < 4.78 is 68.4. The summed E-state index contributed by atoms with van der Waals surface area (Å²) in [6.45, 7) is 0. The fourth-order valence-electron chi connectivity index (χ4n) is 5.44. The number of rotatable bonds is 7. The van der Waals surface area contributed by atoms with Crippen molar-refractivity contribution in [2.75, 3.05) is 14.2 Å². The van der Waals surface area contributed by atoms with E-state index in [2.05, 4.69) is 0 Å². The van der Waals surface area contributed by atoms with Gasteiger partial charge in [-0.1, -0.05) is 24.3 Å². The smallest absolute Gasteiger partial charge is 0.200 e. The van der Waals surface area contributed by atoms with Crippen LogP contribution in [0.2, 0.25) is 0 Å². The van der Waals surface area contributed by atoms with Crippen LogP contribution in [0, 0.1) is 29.2 Å². The van der Waals surface area contributed by atoms with E-state index in [-0.39, 0.29) is 17.8 Å². The quantitative estimate of drug-likeness (QED) is 0.381. The lowest BCUT2D eigenvalue weighted by atomic mass is 9.76. The van der Waals surface area contributed by atoms with Crippen LogP contribution in [0.1, 0.15) is 74.0 Å². The summed E-state index contributed by atoms with van der Waals surface area (Å²) in [5, 5.41) is 0. The molecule has 2 aromatic carbocycles. The predicted octanol–water partition coefficient (Wildman–Crippen LogP) is 7.74. The van der Waals surface area contributed by atoms with Crippen LogP contribution in [-0.4, -0.2) is 20.3 Å². The molecule has 0 aliphatic heterocycles. The lowest BCUT2D eigenvalue weighted by Gasteiger charge is -2.29. The van der Waals surface area contributed by atoms with Crippen LogP contribution in [0.3, 0.4) is 0 Å². The Morgan fingerprint density at radius 2 is 1.59 bits per heavy atom. The van der Waals surface area contributed by atoms with Crippen LogP contribution >= 0.6 is 0 Å². The van der Waals surface area contributed by atoms with Crippen molar-refractivity contribution in [2.24, 2.45) is 5.92 Å². The first-order chi connectivity index (χ1) is 16.4. The first kappa shape index (κ1) is 24.8. The topological polar surface area (TPSA) is 18.5 Å². The monoisotopic (exact) mass is 476 g/mol. The van der Waals surface area contributed by atoms with Crippen LogP contribution in [0.15, 0.2) is 30.3 Å². The van der Waals surface area contributed by atoms with Gasteiger partial charge in [-0.2, -0.15) is 4.39 Å². The van der Waals surface area contributed by atoms with Crippen molar-refractivity contribution >= 4 is 5.57 Å². The maximum absolute atomic E-state index is 14.8. The van der Waals surface area contributed by atoms with Crippen LogP contribution < -0.4 is 4.74 Å². The molecule has 2 nitrogen and oxygen atoms in total. The van der Waals surface area contributed by atoms with E-state index in [1.54, 1.807) is 25.3 Å². The highest BCUT2D eigenvalue weighted by molar-refractivity contribution is 5.67. The molecule has 0 saturated heterocycles. The predicted molar refractivity (Wildman–Crippen MR) is 125 cm³/mol. The van der Waals surface area contributed by atoms with Crippen molar-refractivity contribution in [3.05, 3.63) is 70.3 Å². The second kappa shape index (κ2) is 10.9. The number of benzene rings is 2. The third-order valence-corrected chi connectivity index (χ3v) is 7.61. The summed E-state index contributed by atoms with van der Waals surface area (Å²) in [6, 6.07) is 6.49. The highest BCUT2D eigenvalue weighted by Gasteiger charge is 2.27. The molecule has 0 radical (unpaired) electrons. The molecule has 0 bridgehead atoms. The molecular weight excluding hydrogens is 444 g/mol. The molecule has 2 aliphatic carbocycles. The summed E-state index contributed by atoms with van der Waals surface area (Å²) >= 11 is 0. The Hall–Kier alpha value is -2.34. The molecule has 1 unspecified atom stereocenters. The zero-order valence-corrected chi connectivity index (χ0v) is 19.8. The normalized spacial score (nSPS) is 23.0. The summed E-state index contributed by atoms with van der Waals surface area (Å²) in [5.74, 6) is -3.05. The summed E-state index contributed by atoms with van der Waals surface area (Å²) in [4.78, 5) is 0. The number of hydrogen-bond donors (Lipinski definition) is 0. The first-order valence-electron chi connectivity index (χ1n) is 12.1. The lowest BCUT2D eigenvalue weighted by Crippen LogP contribution is -2.16. The Balaban J connectivity index is 1.34. The fraction of sp³-hybridized carbons (Fsp3) is 0.500. The molecule has 0 heterocycles. The van der Waals surface area contributed by atoms with Crippen molar-refractivity contribution in [2.45, 2.75) is 69.8 Å². The van der Waals surface area contributed by atoms with Gasteiger partial charge < -0.3 is 9.47 Å². The number of ether oxygens (including phenoxy) is 2. The van der Waals surface area contributed by atoms with Gasteiger partial charge in [0, 0.05) is 12.7 Å². The van der Waals surface area contributed by atoms with Crippen molar-refractivity contribution in [1.82, 2.24) is 0 Å². The maximum Gasteiger partial charge on any atom is 0.200 e. The van der Waals surface area contributed by atoms with Crippen molar-refractivity contribution < 1.29 is 27.0 Å². The van der Waals surface area contributed by atoms with Gasteiger partial charge in [-0.3, -0.25) is 0 Å². The van der Waals surface area contributed by atoms with E-state index in [9.17, 15) is 17.6 Å². The number of aryl methyl sites for hydroxylation is 1. The molecule has 1 atom stereocenters. The molecule has 2 aromatic rings. The molecule has 184 valence electrons. The SMILES string of the molecule is COc1ccc(C2CCC(CCc3ccc(C4=CCC(OC)CC4)c(F)c3F)CC2)c(F)c1F. The van der Waals surface area contributed by atoms with Gasteiger partial charge >= 0.3 is 0 Å². The highest BCUT2D eigenvalue weighted by Crippen LogP contribution is 2.40. The second-order valence-corrected chi connectivity index (χ2v) is 9.50. The van der Waals surface area contributed by atoms with Gasteiger partial charge in [-0.25, -0.2) is 13.2 Å².